The van der Waals surface area contributed by atoms with Crippen LogP contribution >= 0.6 is 15.9 Å². The molecule has 21 heavy (non-hydrogen) atoms. The monoisotopic (exact) mass is 356 g/mol. The first kappa shape index (κ1) is 16.8. The van der Waals surface area contributed by atoms with Crippen molar-refractivity contribution < 1.29 is 14.4 Å². The number of ether oxygens (including phenoxy) is 2. The number of rotatable bonds is 5. The highest BCUT2D eigenvalue weighted by Gasteiger charge is 2.24. The summed E-state index contributed by atoms with van der Waals surface area (Å²) in [6.07, 6.45) is 1.84. The minimum atomic E-state index is 0.376. The number of aryl methyl sites for hydroxylation is 2. The number of hydrogen-bond donors (Lipinski definition) is 1. The molecule has 0 unspecified atom stereocenters. The van der Waals surface area contributed by atoms with Gasteiger partial charge >= 0.3 is 0 Å². The van der Waals surface area contributed by atoms with Crippen LogP contribution in [0.2, 0.25) is 0 Å². The van der Waals surface area contributed by atoms with Crippen molar-refractivity contribution >= 4 is 15.9 Å². The van der Waals surface area contributed by atoms with Gasteiger partial charge in [0.05, 0.1) is 13.2 Å². The van der Waals surface area contributed by atoms with Gasteiger partial charge in [-0.25, -0.2) is 0 Å². The highest BCUT2D eigenvalue weighted by molar-refractivity contribution is 9.10. The summed E-state index contributed by atoms with van der Waals surface area (Å²) in [6.45, 7) is 12.7. The molecule has 0 radical (unpaired) electrons. The van der Waals surface area contributed by atoms with Gasteiger partial charge in [-0.2, -0.15) is 0 Å². The lowest BCUT2D eigenvalue weighted by atomic mass is 10.1. The Labute approximate surface area is 136 Å². The zero-order valence-electron chi connectivity index (χ0n) is 13.5. The predicted molar refractivity (Wildman–Crippen MR) is 89.3 cm³/mol. The number of quaternary nitrogens is 1. The molecule has 3 nitrogen and oxygen atoms in total. The first-order valence-corrected chi connectivity index (χ1v) is 8.63. The first-order valence-electron chi connectivity index (χ1n) is 7.84. The summed E-state index contributed by atoms with van der Waals surface area (Å²) >= 11 is 3.52. The number of morpholine rings is 1. The third-order valence-electron chi connectivity index (χ3n) is 3.96. The molecule has 0 saturated carbocycles. The Hall–Kier alpha value is -0.580. The van der Waals surface area contributed by atoms with Crippen LogP contribution in [0.3, 0.4) is 0 Å². The highest BCUT2D eigenvalue weighted by atomic mass is 79.9. The van der Waals surface area contributed by atoms with E-state index < -0.39 is 0 Å². The van der Waals surface area contributed by atoms with E-state index in [0.29, 0.717) is 12.2 Å². The van der Waals surface area contributed by atoms with Gasteiger partial charge in [-0.05, 0) is 51.0 Å². The summed E-state index contributed by atoms with van der Waals surface area (Å²) < 4.78 is 12.9. The molecular weight excluding hydrogens is 330 g/mol. The highest BCUT2D eigenvalue weighted by Crippen LogP contribution is 2.27. The lowest BCUT2D eigenvalue weighted by Gasteiger charge is -2.32. The van der Waals surface area contributed by atoms with Crippen molar-refractivity contribution in [2.45, 2.75) is 46.3 Å². The molecule has 1 aliphatic rings. The number of halogens is 1. The van der Waals surface area contributed by atoms with E-state index in [1.165, 1.54) is 11.1 Å². The molecule has 1 N–H and O–H groups in total. The van der Waals surface area contributed by atoms with Crippen LogP contribution in [0.4, 0.5) is 0 Å². The molecule has 118 valence electrons. The first-order chi connectivity index (χ1) is 9.95. The van der Waals surface area contributed by atoms with Gasteiger partial charge in [0, 0.05) is 10.9 Å². The van der Waals surface area contributed by atoms with Gasteiger partial charge in [-0.3, -0.25) is 0 Å². The molecule has 2 atom stereocenters. The van der Waals surface area contributed by atoms with E-state index >= 15 is 0 Å². The van der Waals surface area contributed by atoms with Crippen LogP contribution in [0.25, 0.3) is 0 Å². The van der Waals surface area contributed by atoms with Crippen molar-refractivity contribution in [3.63, 3.8) is 0 Å². The lowest BCUT2D eigenvalue weighted by Crippen LogP contribution is -3.15. The van der Waals surface area contributed by atoms with E-state index in [2.05, 4.69) is 55.8 Å². The predicted octanol–water partition coefficient (Wildman–Crippen LogP) is 2.53. The maximum absolute atomic E-state index is 6.00. The molecule has 0 spiro atoms. The number of hydrogen-bond acceptors (Lipinski definition) is 2. The van der Waals surface area contributed by atoms with Crippen LogP contribution in [0, 0.1) is 13.8 Å². The minimum absolute atomic E-state index is 0.376. The van der Waals surface area contributed by atoms with Gasteiger partial charge in [-0.1, -0.05) is 15.9 Å². The van der Waals surface area contributed by atoms with Gasteiger partial charge in [0.15, 0.2) is 0 Å². The molecule has 1 heterocycles. The zero-order valence-corrected chi connectivity index (χ0v) is 15.1. The van der Waals surface area contributed by atoms with Gasteiger partial charge < -0.3 is 14.4 Å². The Balaban J connectivity index is 1.77. The molecule has 0 bridgehead atoms. The molecule has 1 saturated heterocycles. The SMILES string of the molecule is Cc1cc(Br)cc(C)c1OCCC[NH+]1C[C@@H](C)O[C@H](C)C1. The number of nitrogens with one attached hydrogen (secondary N) is 1. The summed E-state index contributed by atoms with van der Waals surface area (Å²) in [5.74, 6) is 1.04. The van der Waals surface area contributed by atoms with Gasteiger partial charge in [0.25, 0.3) is 0 Å². The molecule has 1 aliphatic heterocycles. The normalized spacial score (nSPS) is 25.9. The fourth-order valence-corrected chi connectivity index (χ4v) is 3.90. The Morgan fingerprint density at radius 2 is 1.76 bits per heavy atom. The van der Waals surface area contributed by atoms with E-state index in [1.807, 2.05) is 0 Å². The lowest BCUT2D eigenvalue weighted by molar-refractivity contribution is -0.915. The minimum Gasteiger partial charge on any atom is -0.493 e. The standard InChI is InChI=1S/C17H26BrNO2/c1-12-8-16(18)9-13(2)17(12)20-7-5-6-19-10-14(3)21-15(4)11-19/h8-9,14-15H,5-7,10-11H2,1-4H3/p+1/t14-,15-/m1/s1. The quantitative estimate of drug-likeness (QED) is 0.819. The Morgan fingerprint density at radius 1 is 1.19 bits per heavy atom. The summed E-state index contributed by atoms with van der Waals surface area (Å²) in [5.41, 5.74) is 2.39. The fourth-order valence-electron chi connectivity index (χ4n) is 3.21. The number of benzene rings is 1. The summed E-state index contributed by atoms with van der Waals surface area (Å²) in [5, 5.41) is 0. The molecule has 1 fully saturated rings. The molecule has 2 rings (SSSR count). The zero-order chi connectivity index (χ0) is 15.4. The molecule has 1 aromatic carbocycles. The van der Waals surface area contributed by atoms with Crippen molar-refractivity contribution in [1.29, 1.82) is 0 Å². The maximum Gasteiger partial charge on any atom is 0.125 e. The second-order valence-electron chi connectivity index (χ2n) is 6.24. The molecule has 0 aliphatic carbocycles. The molecule has 4 heteroatoms. The van der Waals surface area contributed by atoms with Gasteiger partial charge in [0.2, 0.25) is 0 Å². The molecule has 0 amide bonds. The van der Waals surface area contributed by atoms with E-state index in [9.17, 15) is 0 Å². The van der Waals surface area contributed by atoms with Crippen molar-refractivity contribution in [3.8, 4) is 5.75 Å². The average molecular weight is 357 g/mol. The van der Waals surface area contributed by atoms with Crippen molar-refractivity contribution in [2.24, 2.45) is 0 Å². The van der Waals surface area contributed by atoms with Crippen LogP contribution in [0.5, 0.6) is 5.75 Å². The topological polar surface area (TPSA) is 22.9 Å². The van der Waals surface area contributed by atoms with Crippen molar-refractivity contribution in [1.82, 2.24) is 0 Å². The third-order valence-corrected chi connectivity index (χ3v) is 4.42. The van der Waals surface area contributed by atoms with Crippen LogP contribution in [0.15, 0.2) is 16.6 Å². The third kappa shape index (κ3) is 4.97. The van der Waals surface area contributed by atoms with Crippen LogP contribution in [-0.4, -0.2) is 38.4 Å². The smallest absolute Gasteiger partial charge is 0.125 e. The second kappa shape index (κ2) is 7.61. The summed E-state index contributed by atoms with van der Waals surface area (Å²) in [4.78, 5) is 1.63. The van der Waals surface area contributed by atoms with E-state index in [-0.39, 0.29) is 0 Å². The molecule has 0 aromatic heterocycles. The van der Waals surface area contributed by atoms with E-state index in [4.69, 9.17) is 9.47 Å². The molecule has 1 aromatic rings. The van der Waals surface area contributed by atoms with Gasteiger partial charge in [-0.15, -0.1) is 0 Å². The molecular formula is C17H27BrNO2+. The summed E-state index contributed by atoms with van der Waals surface area (Å²) in [6, 6.07) is 4.22. The average Bonchev–Trinajstić information content (AvgIpc) is 2.35. The Morgan fingerprint density at radius 3 is 2.33 bits per heavy atom. The van der Waals surface area contributed by atoms with Crippen molar-refractivity contribution in [2.75, 3.05) is 26.2 Å². The van der Waals surface area contributed by atoms with Gasteiger partial charge in [0.1, 0.15) is 31.0 Å². The summed E-state index contributed by atoms with van der Waals surface area (Å²) in [7, 11) is 0. The Bertz CT molecular complexity index is 445. The van der Waals surface area contributed by atoms with Crippen LogP contribution in [0.1, 0.15) is 31.4 Å². The second-order valence-corrected chi connectivity index (χ2v) is 7.15. The van der Waals surface area contributed by atoms with Crippen molar-refractivity contribution in [3.05, 3.63) is 27.7 Å². The Kier molecular flexibility index (Phi) is 6.08. The van der Waals surface area contributed by atoms with E-state index in [0.717, 1.165) is 42.9 Å². The van der Waals surface area contributed by atoms with Crippen LogP contribution < -0.4 is 9.64 Å². The largest absolute Gasteiger partial charge is 0.493 e. The van der Waals surface area contributed by atoms with E-state index in [1.54, 1.807) is 4.90 Å². The fraction of sp³-hybridized carbons (Fsp3) is 0.647. The van der Waals surface area contributed by atoms with Crippen LogP contribution in [-0.2, 0) is 4.74 Å². The maximum atomic E-state index is 6.00.